The van der Waals surface area contributed by atoms with Crippen molar-refractivity contribution >= 4 is 34.6 Å². The lowest BCUT2D eigenvalue weighted by molar-refractivity contribution is -0.114. The Labute approximate surface area is 174 Å². The van der Waals surface area contributed by atoms with Crippen molar-refractivity contribution in [1.82, 2.24) is 14.8 Å². The Morgan fingerprint density at radius 2 is 1.86 bits per heavy atom. The largest absolute Gasteiger partial charge is 0.374 e. The molecule has 1 aromatic heterocycles. The lowest BCUT2D eigenvalue weighted by atomic mass is 10.1. The molecular formula is C21H23ClN6O. The van der Waals surface area contributed by atoms with Crippen LogP contribution in [0.4, 0.5) is 17.1 Å². The minimum atomic E-state index is -0.165. The summed E-state index contributed by atoms with van der Waals surface area (Å²) in [5.41, 5.74) is 3.39. The number of amides is 1. The first kappa shape index (κ1) is 19.3. The summed E-state index contributed by atoms with van der Waals surface area (Å²) < 4.78 is 1.59. The number of carbonyl (C=O) groups excluding carboxylic acids is 1. The predicted octanol–water partition coefficient (Wildman–Crippen LogP) is 3.96. The molecule has 0 spiro atoms. The van der Waals surface area contributed by atoms with E-state index in [1.54, 1.807) is 29.2 Å². The quantitative estimate of drug-likeness (QED) is 0.643. The molecule has 1 saturated heterocycles. The first-order chi connectivity index (χ1) is 14.2. The van der Waals surface area contributed by atoms with E-state index >= 15 is 0 Å². The molecule has 1 fully saturated rings. The van der Waals surface area contributed by atoms with Gasteiger partial charge < -0.3 is 15.5 Å². The summed E-state index contributed by atoms with van der Waals surface area (Å²) in [4.78, 5) is 19.0. The van der Waals surface area contributed by atoms with Crippen LogP contribution in [0.1, 0.15) is 19.3 Å². The Kier molecular flexibility index (Phi) is 5.95. The molecule has 2 aromatic carbocycles. The van der Waals surface area contributed by atoms with E-state index in [1.807, 2.05) is 18.2 Å². The number of carbonyl (C=O) groups is 1. The number of benzene rings is 2. The highest BCUT2D eigenvalue weighted by atomic mass is 35.5. The fraction of sp³-hybridized carbons (Fsp3) is 0.286. The van der Waals surface area contributed by atoms with Gasteiger partial charge in [-0.15, -0.1) is 0 Å². The van der Waals surface area contributed by atoms with Gasteiger partial charge in [-0.25, -0.2) is 9.67 Å². The Morgan fingerprint density at radius 3 is 2.66 bits per heavy atom. The number of para-hydroxylation sites is 2. The van der Waals surface area contributed by atoms with Crippen molar-refractivity contribution in [2.45, 2.75) is 19.3 Å². The van der Waals surface area contributed by atoms with E-state index < -0.39 is 0 Å². The fourth-order valence-corrected chi connectivity index (χ4v) is 3.72. The van der Waals surface area contributed by atoms with Crippen molar-refractivity contribution in [2.75, 3.05) is 35.2 Å². The van der Waals surface area contributed by atoms with Crippen molar-refractivity contribution in [3.8, 4) is 5.69 Å². The van der Waals surface area contributed by atoms with Crippen LogP contribution in [0.25, 0.3) is 5.69 Å². The maximum absolute atomic E-state index is 12.6. The summed E-state index contributed by atoms with van der Waals surface area (Å²) in [6.45, 7) is 2.25. The summed E-state index contributed by atoms with van der Waals surface area (Å²) in [5, 5.41) is 10.9. The molecular weight excluding hydrogens is 388 g/mol. The molecule has 0 bridgehead atoms. The molecule has 1 aliphatic heterocycles. The average Bonchev–Trinajstić information content (AvgIpc) is 3.28. The van der Waals surface area contributed by atoms with E-state index in [4.69, 9.17) is 11.6 Å². The molecule has 0 saturated carbocycles. The predicted molar refractivity (Wildman–Crippen MR) is 116 cm³/mol. The molecule has 29 heavy (non-hydrogen) atoms. The van der Waals surface area contributed by atoms with Gasteiger partial charge in [-0.2, -0.15) is 5.10 Å². The second-order valence-electron chi connectivity index (χ2n) is 6.97. The summed E-state index contributed by atoms with van der Waals surface area (Å²) in [7, 11) is 0. The lowest BCUT2D eigenvalue weighted by Crippen LogP contribution is -2.30. The molecule has 0 atom stereocenters. The first-order valence-electron chi connectivity index (χ1n) is 9.73. The normalized spacial score (nSPS) is 13.9. The van der Waals surface area contributed by atoms with Crippen LogP contribution in [0.3, 0.4) is 0 Å². The smallest absolute Gasteiger partial charge is 0.243 e. The van der Waals surface area contributed by atoms with Gasteiger partial charge in [0.15, 0.2) is 0 Å². The third kappa shape index (κ3) is 4.68. The van der Waals surface area contributed by atoms with E-state index in [9.17, 15) is 4.79 Å². The lowest BCUT2D eigenvalue weighted by Gasteiger charge is -2.30. The van der Waals surface area contributed by atoms with Crippen molar-refractivity contribution in [3.63, 3.8) is 0 Å². The van der Waals surface area contributed by atoms with Gasteiger partial charge in [0.25, 0.3) is 0 Å². The molecule has 150 valence electrons. The maximum Gasteiger partial charge on any atom is 0.243 e. The van der Waals surface area contributed by atoms with Crippen molar-refractivity contribution in [1.29, 1.82) is 0 Å². The van der Waals surface area contributed by atoms with Crippen LogP contribution in [0.5, 0.6) is 0 Å². The maximum atomic E-state index is 12.6. The Balaban J connectivity index is 1.45. The van der Waals surface area contributed by atoms with Crippen LogP contribution in [0, 0.1) is 0 Å². The first-order valence-corrected chi connectivity index (χ1v) is 10.1. The van der Waals surface area contributed by atoms with Crippen LogP contribution in [-0.4, -0.2) is 40.3 Å². The van der Waals surface area contributed by atoms with Crippen LogP contribution in [0.15, 0.2) is 55.1 Å². The van der Waals surface area contributed by atoms with Gasteiger partial charge in [-0.1, -0.05) is 23.7 Å². The van der Waals surface area contributed by atoms with E-state index in [0.29, 0.717) is 16.4 Å². The molecule has 0 radical (unpaired) electrons. The molecule has 7 nitrogen and oxygen atoms in total. The third-order valence-corrected chi connectivity index (χ3v) is 5.17. The molecule has 4 rings (SSSR count). The van der Waals surface area contributed by atoms with E-state index in [-0.39, 0.29) is 12.5 Å². The molecule has 1 aliphatic rings. The minimum Gasteiger partial charge on any atom is -0.374 e. The SMILES string of the molecule is O=C(CNc1ccccc1N1CCCCC1)Nc1cc(Cl)ccc1-n1cncn1. The topological polar surface area (TPSA) is 75.1 Å². The number of nitrogens with one attached hydrogen (secondary N) is 2. The third-order valence-electron chi connectivity index (χ3n) is 4.94. The summed E-state index contributed by atoms with van der Waals surface area (Å²) in [6, 6.07) is 13.4. The van der Waals surface area contributed by atoms with Crippen molar-refractivity contribution < 1.29 is 4.79 Å². The van der Waals surface area contributed by atoms with E-state index in [1.165, 1.54) is 25.6 Å². The number of piperidine rings is 1. The zero-order valence-electron chi connectivity index (χ0n) is 16.0. The molecule has 8 heteroatoms. The van der Waals surface area contributed by atoms with E-state index in [2.05, 4.69) is 31.7 Å². The van der Waals surface area contributed by atoms with E-state index in [0.717, 1.165) is 24.5 Å². The van der Waals surface area contributed by atoms with Crippen molar-refractivity contribution in [3.05, 3.63) is 60.1 Å². The highest BCUT2D eigenvalue weighted by Gasteiger charge is 2.15. The van der Waals surface area contributed by atoms with Crippen LogP contribution in [0.2, 0.25) is 5.02 Å². The Hall–Kier alpha value is -3.06. The van der Waals surface area contributed by atoms with Crippen LogP contribution >= 0.6 is 11.6 Å². The number of halogens is 1. The number of aromatic nitrogens is 3. The van der Waals surface area contributed by atoms with Gasteiger partial charge in [-0.3, -0.25) is 4.79 Å². The minimum absolute atomic E-state index is 0.147. The number of hydrogen-bond acceptors (Lipinski definition) is 5. The monoisotopic (exact) mass is 410 g/mol. The summed E-state index contributed by atoms with van der Waals surface area (Å²) in [6.07, 6.45) is 6.71. The summed E-state index contributed by atoms with van der Waals surface area (Å²) in [5.74, 6) is -0.165. The molecule has 1 amide bonds. The standard InChI is InChI=1S/C21H23ClN6O/c22-16-8-9-20(28-15-23-14-25-28)18(12-16)26-21(29)13-24-17-6-2-3-7-19(17)27-10-4-1-5-11-27/h2-3,6-9,12,14-15,24H,1,4-5,10-11,13H2,(H,26,29). The number of rotatable bonds is 6. The van der Waals surface area contributed by atoms with Gasteiger partial charge >= 0.3 is 0 Å². The zero-order chi connectivity index (χ0) is 20.1. The van der Waals surface area contributed by atoms with Crippen LogP contribution < -0.4 is 15.5 Å². The highest BCUT2D eigenvalue weighted by molar-refractivity contribution is 6.31. The Bertz CT molecular complexity index is 969. The number of anilines is 3. The molecule has 3 aromatic rings. The zero-order valence-corrected chi connectivity index (χ0v) is 16.8. The fourth-order valence-electron chi connectivity index (χ4n) is 3.54. The Morgan fingerprint density at radius 1 is 1.03 bits per heavy atom. The van der Waals surface area contributed by atoms with Gasteiger partial charge in [0.1, 0.15) is 12.7 Å². The van der Waals surface area contributed by atoms with Gasteiger partial charge in [0.05, 0.1) is 29.3 Å². The van der Waals surface area contributed by atoms with Gasteiger partial charge in [0.2, 0.25) is 5.91 Å². The number of hydrogen-bond donors (Lipinski definition) is 2. The highest BCUT2D eigenvalue weighted by Crippen LogP contribution is 2.28. The van der Waals surface area contributed by atoms with Gasteiger partial charge in [-0.05, 0) is 49.6 Å². The second-order valence-corrected chi connectivity index (χ2v) is 7.40. The molecule has 2 heterocycles. The van der Waals surface area contributed by atoms with Crippen molar-refractivity contribution in [2.24, 2.45) is 0 Å². The molecule has 2 N–H and O–H groups in total. The molecule has 0 unspecified atom stereocenters. The second kappa shape index (κ2) is 8.96. The van der Waals surface area contributed by atoms with Crippen LogP contribution in [-0.2, 0) is 4.79 Å². The number of nitrogens with zero attached hydrogens (tertiary/aromatic N) is 4. The summed E-state index contributed by atoms with van der Waals surface area (Å²) >= 11 is 6.12. The molecule has 0 aliphatic carbocycles. The van der Waals surface area contributed by atoms with Gasteiger partial charge in [0, 0.05) is 18.1 Å². The average molecular weight is 411 g/mol.